The van der Waals surface area contributed by atoms with Crippen molar-refractivity contribution in [1.29, 1.82) is 0 Å². The molecule has 0 N–H and O–H groups in total. The number of carbonyl (C=O) groups is 1. The van der Waals surface area contributed by atoms with E-state index in [4.69, 9.17) is 4.74 Å². The summed E-state index contributed by atoms with van der Waals surface area (Å²) >= 11 is 0. The summed E-state index contributed by atoms with van der Waals surface area (Å²) in [5.74, 6) is -0.0235. The molecule has 1 heterocycles. The van der Waals surface area contributed by atoms with E-state index < -0.39 is 0 Å². The van der Waals surface area contributed by atoms with E-state index in [0.717, 1.165) is 45.6 Å². The molecule has 0 spiro atoms. The van der Waals surface area contributed by atoms with Crippen LogP contribution in [0.1, 0.15) is 71.1 Å². The minimum Gasteiger partial charge on any atom is -0.464 e. The fraction of sp³-hybridized carbons (Fsp3) is 0.944. The molecule has 0 saturated carbocycles. The van der Waals surface area contributed by atoms with E-state index in [-0.39, 0.29) is 5.97 Å². The van der Waals surface area contributed by atoms with Crippen LogP contribution < -0.4 is 5.32 Å². The van der Waals surface area contributed by atoms with E-state index in [9.17, 15) is 4.79 Å². The van der Waals surface area contributed by atoms with E-state index in [0.29, 0.717) is 13.0 Å². The van der Waals surface area contributed by atoms with Gasteiger partial charge in [-0.1, -0.05) is 58.3 Å². The Morgan fingerprint density at radius 2 is 1.55 bits per heavy atom. The van der Waals surface area contributed by atoms with Crippen LogP contribution in [0.3, 0.4) is 0 Å². The van der Waals surface area contributed by atoms with Crippen molar-refractivity contribution in [2.75, 3.05) is 39.3 Å². The molecule has 129 valence electrons. The summed E-state index contributed by atoms with van der Waals surface area (Å²) in [5.41, 5.74) is 0. The van der Waals surface area contributed by atoms with Crippen LogP contribution in [-0.2, 0) is 9.53 Å². The lowest BCUT2D eigenvalue weighted by Gasteiger charge is -2.25. The highest BCUT2D eigenvalue weighted by Crippen LogP contribution is 2.10. The second-order valence-electron chi connectivity index (χ2n) is 6.31. The minimum atomic E-state index is -0.0235. The predicted octanol–water partition coefficient (Wildman–Crippen LogP) is 3.37. The second kappa shape index (κ2) is 14.0. The molecule has 4 nitrogen and oxygen atoms in total. The number of nitrogens with zero attached hydrogens (tertiary/aromatic N) is 2. The van der Waals surface area contributed by atoms with E-state index in [1.165, 1.54) is 44.9 Å². The van der Waals surface area contributed by atoms with E-state index in [1.54, 1.807) is 0 Å². The third-order valence-corrected chi connectivity index (χ3v) is 4.30. The first-order valence-electron chi connectivity index (χ1n) is 9.34. The van der Waals surface area contributed by atoms with E-state index in [2.05, 4.69) is 17.1 Å². The zero-order valence-electron chi connectivity index (χ0n) is 14.5. The Bertz CT molecular complexity index is 266. The molecule has 0 bridgehead atoms. The van der Waals surface area contributed by atoms with Gasteiger partial charge in [-0.3, -0.25) is 9.69 Å². The fourth-order valence-corrected chi connectivity index (χ4v) is 2.81. The van der Waals surface area contributed by atoms with Gasteiger partial charge in [0.05, 0.1) is 0 Å². The molecule has 0 amide bonds. The Morgan fingerprint density at radius 3 is 2.18 bits per heavy atom. The van der Waals surface area contributed by atoms with E-state index in [1.807, 2.05) is 0 Å². The number of unbranched alkanes of at least 4 members (excludes halogenated alkanes) is 8. The second-order valence-corrected chi connectivity index (χ2v) is 6.31. The Hall–Kier alpha value is -0.610. The smallest absolute Gasteiger partial charge is 0.305 e. The van der Waals surface area contributed by atoms with Gasteiger partial charge in [-0.05, 0) is 6.42 Å². The number of hydrogen-bond acceptors (Lipinski definition) is 3. The van der Waals surface area contributed by atoms with Gasteiger partial charge in [0.1, 0.15) is 6.61 Å². The van der Waals surface area contributed by atoms with Gasteiger partial charge < -0.3 is 4.74 Å². The molecule has 1 aliphatic rings. The van der Waals surface area contributed by atoms with Gasteiger partial charge in [-0.15, -0.1) is 0 Å². The van der Waals surface area contributed by atoms with Gasteiger partial charge in [0, 0.05) is 39.1 Å². The largest absolute Gasteiger partial charge is 0.464 e. The molecule has 1 radical (unpaired) electrons. The Morgan fingerprint density at radius 1 is 0.955 bits per heavy atom. The lowest BCUT2D eigenvalue weighted by atomic mass is 10.1. The predicted molar refractivity (Wildman–Crippen MR) is 91.1 cm³/mol. The zero-order chi connectivity index (χ0) is 15.9. The number of carbonyl (C=O) groups excluding carboxylic acids is 1. The standard InChI is InChI=1S/C18H35N2O2/c1-2-3-4-5-6-7-8-9-10-11-18(21)22-17-16-20-14-12-19-13-15-20/h2-17H2,1H3. The van der Waals surface area contributed by atoms with Crippen molar-refractivity contribution in [2.45, 2.75) is 71.1 Å². The lowest BCUT2D eigenvalue weighted by Crippen LogP contribution is -2.41. The van der Waals surface area contributed by atoms with Crippen LogP contribution in [-0.4, -0.2) is 50.2 Å². The SMILES string of the molecule is CCCCCCCCCCCC(=O)OCCN1CC[N]CC1. The summed E-state index contributed by atoms with van der Waals surface area (Å²) in [6, 6.07) is 0. The van der Waals surface area contributed by atoms with Crippen LogP contribution in [0, 0.1) is 0 Å². The van der Waals surface area contributed by atoms with Crippen LogP contribution in [0.4, 0.5) is 0 Å². The van der Waals surface area contributed by atoms with Crippen molar-refractivity contribution < 1.29 is 9.53 Å². The number of esters is 1. The van der Waals surface area contributed by atoms with Gasteiger partial charge in [0.2, 0.25) is 0 Å². The van der Waals surface area contributed by atoms with Crippen molar-refractivity contribution in [3.8, 4) is 0 Å². The number of hydrogen-bond donors (Lipinski definition) is 0. The maximum atomic E-state index is 11.6. The monoisotopic (exact) mass is 311 g/mol. The van der Waals surface area contributed by atoms with Gasteiger partial charge in [0.25, 0.3) is 0 Å². The number of piperazine rings is 1. The summed E-state index contributed by atoms with van der Waals surface area (Å²) in [7, 11) is 0. The minimum absolute atomic E-state index is 0.0235. The summed E-state index contributed by atoms with van der Waals surface area (Å²) in [4.78, 5) is 14.0. The molecule has 0 aromatic heterocycles. The average molecular weight is 311 g/mol. The van der Waals surface area contributed by atoms with Crippen molar-refractivity contribution in [1.82, 2.24) is 10.2 Å². The Balaban J connectivity index is 1.81. The van der Waals surface area contributed by atoms with Crippen LogP contribution in [0.25, 0.3) is 0 Å². The first-order valence-corrected chi connectivity index (χ1v) is 9.34. The van der Waals surface area contributed by atoms with Crippen LogP contribution in [0.15, 0.2) is 0 Å². The first kappa shape index (κ1) is 19.4. The molecular weight excluding hydrogens is 276 g/mol. The summed E-state index contributed by atoms with van der Waals surface area (Å²) in [6.45, 7) is 7.51. The summed E-state index contributed by atoms with van der Waals surface area (Å²) in [6.07, 6.45) is 12.1. The molecule has 0 aliphatic carbocycles. The van der Waals surface area contributed by atoms with Crippen molar-refractivity contribution in [2.24, 2.45) is 0 Å². The topological polar surface area (TPSA) is 43.6 Å². The van der Waals surface area contributed by atoms with Crippen molar-refractivity contribution in [3.05, 3.63) is 0 Å². The van der Waals surface area contributed by atoms with Crippen LogP contribution >= 0.6 is 0 Å². The van der Waals surface area contributed by atoms with Gasteiger partial charge >= 0.3 is 5.97 Å². The van der Waals surface area contributed by atoms with Crippen LogP contribution in [0.5, 0.6) is 0 Å². The van der Waals surface area contributed by atoms with Gasteiger partial charge in [0.15, 0.2) is 0 Å². The van der Waals surface area contributed by atoms with E-state index >= 15 is 0 Å². The highest BCUT2D eigenvalue weighted by molar-refractivity contribution is 5.69. The van der Waals surface area contributed by atoms with Crippen molar-refractivity contribution in [3.63, 3.8) is 0 Å². The molecule has 0 atom stereocenters. The molecule has 1 aliphatic heterocycles. The third-order valence-electron chi connectivity index (χ3n) is 4.30. The maximum Gasteiger partial charge on any atom is 0.305 e. The Kier molecular flexibility index (Phi) is 12.4. The van der Waals surface area contributed by atoms with Gasteiger partial charge in [-0.2, -0.15) is 0 Å². The highest BCUT2D eigenvalue weighted by atomic mass is 16.5. The van der Waals surface area contributed by atoms with Gasteiger partial charge in [-0.25, -0.2) is 5.32 Å². The molecule has 0 aromatic carbocycles. The summed E-state index contributed by atoms with van der Waals surface area (Å²) in [5, 5.41) is 4.31. The molecule has 1 saturated heterocycles. The summed E-state index contributed by atoms with van der Waals surface area (Å²) < 4.78 is 5.31. The molecule has 0 unspecified atom stereocenters. The molecule has 1 fully saturated rings. The third kappa shape index (κ3) is 11.0. The molecule has 0 aromatic rings. The molecular formula is C18H35N2O2. The zero-order valence-corrected chi connectivity index (χ0v) is 14.5. The van der Waals surface area contributed by atoms with Crippen LogP contribution in [0.2, 0.25) is 0 Å². The molecule has 4 heteroatoms. The normalized spacial score (nSPS) is 15.9. The molecule has 22 heavy (non-hydrogen) atoms. The number of rotatable bonds is 13. The Labute approximate surface area is 137 Å². The quantitative estimate of drug-likeness (QED) is 0.387. The van der Waals surface area contributed by atoms with Crippen molar-refractivity contribution >= 4 is 5.97 Å². The lowest BCUT2D eigenvalue weighted by molar-refractivity contribution is -0.144. The maximum absolute atomic E-state index is 11.6. The first-order chi connectivity index (χ1) is 10.8. The fourth-order valence-electron chi connectivity index (χ4n) is 2.81. The number of ether oxygens (including phenoxy) is 1. The highest BCUT2D eigenvalue weighted by Gasteiger charge is 2.10. The molecule has 1 rings (SSSR count). The average Bonchev–Trinajstić information content (AvgIpc) is 2.54.